The van der Waals surface area contributed by atoms with Crippen molar-refractivity contribution in [1.82, 2.24) is 9.78 Å². The van der Waals surface area contributed by atoms with Gasteiger partial charge in [0.15, 0.2) is 0 Å². The van der Waals surface area contributed by atoms with E-state index in [1.54, 1.807) is 11.3 Å². The molecule has 1 aliphatic heterocycles. The summed E-state index contributed by atoms with van der Waals surface area (Å²) >= 11 is 1.57. The molecular formula is C24H30N4OS. The molecule has 2 aliphatic rings. The first-order valence-corrected chi connectivity index (χ1v) is 12.2. The normalized spacial score (nSPS) is 18.1. The van der Waals surface area contributed by atoms with Crippen molar-refractivity contribution in [2.75, 3.05) is 23.3 Å². The molecule has 0 bridgehead atoms. The lowest BCUT2D eigenvalue weighted by atomic mass is 9.96. The fraction of sp³-hybridized carbons (Fsp3) is 0.500. The molecule has 5 nitrogen and oxygen atoms in total. The van der Waals surface area contributed by atoms with E-state index in [0.29, 0.717) is 6.04 Å². The first-order valence-electron chi connectivity index (χ1n) is 11.3. The predicted octanol–water partition coefficient (Wildman–Crippen LogP) is 6.15. The van der Waals surface area contributed by atoms with Gasteiger partial charge in [0.25, 0.3) is 5.91 Å². The molecule has 0 spiro atoms. The van der Waals surface area contributed by atoms with E-state index in [-0.39, 0.29) is 5.91 Å². The quantitative estimate of drug-likeness (QED) is 0.548. The number of aryl methyl sites for hydroxylation is 1. The molecule has 1 N–H and O–H groups in total. The van der Waals surface area contributed by atoms with Gasteiger partial charge >= 0.3 is 0 Å². The SMILES string of the molecule is Cc1nn(C2CCCCC2)c2sc(C(=O)Nc3ccc(N4CCCCC4)cc3)cc12. The third kappa shape index (κ3) is 3.85. The van der Waals surface area contributed by atoms with Crippen LogP contribution in [0.5, 0.6) is 0 Å². The lowest BCUT2D eigenvalue weighted by Crippen LogP contribution is -2.29. The lowest BCUT2D eigenvalue weighted by Gasteiger charge is -2.28. The van der Waals surface area contributed by atoms with Crippen molar-refractivity contribution >= 4 is 38.8 Å². The van der Waals surface area contributed by atoms with Gasteiger partial charge in [-0.25, -0.2) is 0 Å². The highest BCUT2D eigenvalue weighted by Crippen LogP contribution is 2.35. The van der Waals surface area contributed by atoms with Crippen molar-refractivity contribution in [3.63, 3.8) is 0 Å². The van der Waals surface area contributed by atoms with Crippen LogP contribution in [-0.2, 0) is 0 Å². The van der Waals surface area contributed by atoms with E-state index in [4.69, 9.17) is 5.10 Å². The Morgan fingerprint density at radius 1 is 1.03 bits per heavy atom. The predicted molar refractivity (Wildman–Crippen MR) is 125 cm³/mol. The van der Waals surface area contributed by atoms with Crippen LogP contribution in [0, 0.1) is 6.92 Å². The van der Waals surface area contributed by atoms with Crippen LogP contribution < -0.4 is 10.2 Å². The molecule has 0 radical (unpaired) electrons. The number of amides is 1. The molecule has 1 aliphatic carbocycles. The Morgan fingerprint density at radius 3 is 2.47 bits per heavy atom. The van der Waals surface area contributed by atoms with Crippen molar-refractivity contribution in [3.8, 4) is 0 Å². The second-order valence-corrected chi connectivity index (χ2v) is 9.73. The van der Waals surface area contributed by atoms with Crippen LogP contribution in [0.1, 0.15) is 72.8 Å². The number of hydrogen-bond donors (Lipinski definition) is 1. The van der Waals surface area contributed by atoms with Crippen LogP contribution in [0.2, 0.25) is 0 Å². The van der Waals surface area contributed by atoms with E-state index >= 15 is 0 Å². The topological polar surface area (TPSA) is 50.2 Å². The number of benzene rings is 1. The van der Waals surface area contributed by atoms with Crippen LogP contribution in [0.4, 0.5) is 11.4 Å². The second kappa shape index (κ2) is 8.42. The number of nitrogens with one attached hydrogen (secondary N) is 1. The van der Waals surface area contributed by atoms with Crippen molar-refractivity contribution in [3.05, 3.63) is 40.9 Å². The third-order valence-electron chi connectivity index (χ3n) is 6.56. The highest BCUT2D eigenvalue weighted by atomic mass is 32.1. The molecule has 5 rings (SSSR count). The fourth-order valence-corrected chi connectivity index (χ4v) is 5.99. The minimum atomic E-state index is -0.0310. The van der Waals surface area contributed by atoms with Gasteiger partial charge in [0.2, 0.25) is 0 Å². The summed E-state index contributed by atoms with van der Waals surface area (Å²) in [5.74, 6) is -0.0310. The zero-order chi connectivity index (χ0) is 20.5. The van der Waals surface area contributed by atoms with E-state index in [1.807, 2.05) is 18.2 Å². The smallest absolute Gasteiger partial charge is 0.265 e. The van der Waals surface area contributed by atoms with Crippen LogP contribution in [0.25, 0.3) is 10.2 Å². The number of hydrogen-bond acceptors (Lipinski definition) is 4. The molecule has 6 heteroatoms. The Labute approximate surface area is 182 Å². The highest BCUT2D eigenvalue weighted by Gasteiger charge is 2.22. The summed E-state index contributed by atoms with van der Waals surface area (Å²) in [5, 5.41) is 9.00. The number of piperidine rings is 1. The molecule has 158 valence electrons. The maximum atomic E-state index is 12.9. The summed E-state index contributed by atoms with van der Waals surface area (Å²) < 4.78 is 2.19. The summed E-state index contributed by atoms with van der Waals surface area (Å²) in [6.45, 7) is 4.31. The van der Waals surface area contributed by atoms with E-state index in [0.717, 1.165) is 39.6 Å². The van der Waals surface area contributed by atoms with Gasteiger partial charge in [-0.05, 0) is 69.4 Å². The Kier molecular flexibility index (Phi) is 5.50. The molecule has 0 atom stereocenters. The molecule has 1 aromatic carbocycles. The molecule has 3 aromatic rings. The maximum absolute atomic E-state index is 12.9. The Morgan fingerprint density at radius 2 is 1.73 bits per heavy atom. The fourth-order valence-electron chi connectivity index (χ4n) is 4.86. The van der Waals surface area contributed by atoms with Crippen molar-refractivity contribution in [1.29, 1.82) is 0 Å². The Bertz CT molecular complexity index is 1020. The molecule has 2 aromatic heterocycles. The standard InChI is InChI=1S/C24H30N4OS/c1-17-21-16-22(30-24(21)28(26-17)20-8-4-2-5-9-20)23(29)25-18-10-12-19(13-11-18)27-14-6-3-7-15-27/h10-13,16,20H,2-9,14-15H2,1H3,(H,25,29). The van der Waals surface area contributed by atoms with Gasteiger partial charge in [-0.2, -0.15) is 5.10 Å². The minimum Gasteiger partial charge on any atom is -0.372 e. The van der Waals surface area contributed by atoms with Crippen LogP contribution >= 0.6 is 11.3 Å². The molecule has 1 saturated heterocycles. The van der Waals surface area contributed by atoms with E-state index in [2.05, 4.69) is 34.0 Å². The first kappa shape index (κ1) is 19.6. The van der Waals surface area contributed by atoms with Crippen LogP contribution in [0.15, 0.2) is 30.3 Å². The van der Waals surface area contributed by atoms with Gasteiger partial charge in [0.05, 0.1) is 16.6 Å². The zero-order valence-corrected chi connectivity index (χ0v) is 18.5. The average Bonchev–Trinajstić information content (AvgIpc) is 3.36. The largest absolute Gasteiger partial charge is 0.372 e. The van der Waals surface area contributed by atoms with Crippen molar-refractivity contribution in [2.45, 2.75) is 64.3 Å². The number of fused-ring (bicyclic) bond motifs is 1. The molecule has 1 amide bonds. The highest BCUT2D eigenvalue weighted by molar-refractivity contribution is 7.20. The van der Waals surface area contributed by atoms with Crippen LogP contribution in [0.3, 0.4) is 0 Å². The zero-order valence-electron chi connectivity index (χ0n) is 17.7. The molecule has 0 unspecified atom stereocenters. The number of thiophene rings is 1. The minimum absolute atomic E-state index is 0.0310. The lowest BCUT2D eigenvalue weighted by molar-refractivity contribution is 0.103. The molecule has 3 heterocycles. The van der Waals surface area contributed by atoms with Gasteiger partial charge in [-0.15, -0.1) is 11.3 Å². The number of rotatable bonds is 4. The van der Waals surface area contributed by atoms with Gasteiger partial charge in [0, 0.05) is 29.9 Å². The Balaban J connectivity index is 1.32. The second-order valence-electron chi connectivity index (χ2n) is 8.70. The van der Waals surface area contributed by atoms with Crippen molar-refractivity contribution in [2.24, 2.45) is 0 Å². The molecule has 30 heavy (non-hydrogen) atoms. The van der Waals surface area contributed by atoms with Gasteiger partial charge < -0.3 is 10.2 Å². The number of carbonyl (C=O) groups is 1. The Hall–Kier alpha value is -2.34. The molecule has 2 fully saturated rings. The maximum Gasteiger partial charge on any atom is 0.265 e. The number of anilines is 2. The summed E-state index contributed by atoms with van der Waals surface area (Å²) in [5.41, 5.74) is 3.12. The summed E-state index contributed by atoms with van der Waals surface area (Å²) in [6, 6.07) is 10.8. The van der Waals surface area contributed by atoms with Gasteiger partial charge in [-0.3, -0.25) is 9.48 Å². The number of nitrogens with zero attached hydrogens (tertiary/aromatic N) is 3. The van der Waals surface area contributed by atoms with Crippen molar-refractivity contribution < 1.29 is 4.79 Å². The number of carbonyl (C=O) groups excluding carboxylic acids is 1. The van der Waals surface area contributed by atoms with Gasteiger partial charge in [0.1, 0.15) is 4.83 Å². The van der Waals surface area contributed by atoms with E-state index < -0.39 is 0 Å². The number of aromatic nitrogens is 2. The van der Waals surface area contributed by atoms with Crippen LogP contribution in [-0.4, -0.2) is 28.8 Å². The summed E-state index contributed by atoms with van der Waals surface area (Å²) in [7, 11) is 0. The molecular weight excluding hydrogens is 392 g/mol. The average molecular weight is 423 g/mol. The monoisotopic (exact) mass is 422 g/mol. The first-order chi connectivity index (χ1) is 14.7. The van der Waals surface area contributed by atoms with Gasteiger partial charge in [-0.1, -0.05) is 19.3 Å². The van der Waals surface area contributed by atoms with E-state index in [9.17, 15) is 4.79 Å². The summed E-state index contributed by atoms with van der Waals surface area (Å²) in [4.78, 5) is 17.3. The third-order valence-corrected chi connectivity index (χ3v) is 7.68. The molecule has 1 saturated carbocycles. The summed E-state index contributed by atoms with van der Waals surface area (Å²) in [6.07, 6.45) is 10.1. The van der Waals surface area contributed by atoms with E-state index in [1.165, 1.54) is 57.1 Å².